The molecule has 1 aliphatic carbocycles. The number of rotatable bonds is 6. The van der Waals surface area contributed by atoms with Crippen LogP contribution >= 0.6 is 0 Å². The summed E-state index contributed by atoms with van der Waals surface area (Å²) in [5.74, 6) is 1.15. The van der Waals surface area contributed by atoms with Gasteiger partial charge < -0.3 is 5.32 Å². The van der Waals surface area contributed by atoms with Crippen LogP contribution in [-0.4, -0.2) is 18.4 Å². The van der Waals surface area contributed by atoms with Crippen molar-refractivity contribution in [2.45, 2.75) is 58.4 Å². The summed E-state index contributed by atoms with van der Waals surface area (Å²) in [6.07, 6.45) is 6.77. The minimum absolute atomic E-state index is 0.355. The van der Waals surface area contributed by atoms with E-state index in [1.54, 1.807) is 0 Å². The molecular formula is C12H23NO. The average molecular weight is 197 g/mol. The number of ketones is 1. The van der Waals surface area contributed by atoms with Crippen LogP contribution in [0.2, 0.25) is 0 Å². The van der Waals surface area contributed by atoms with E-state index < -0.39 is 0 Å². The second-order valence-corrected chi connectivity index (χ2v) is 4.56. The van der Waals surface area contributed by atoms with Crippen molar-refractivity contribution in [1.29, 1.82) is 0 Å². The predicted octanol–water partition coefficient (Wildman–Crippen LogP) is 2.52. The van der Waals surface area contributed by atoms with Gasteiger partial charge in [-0.25, -0.2) is 0 Å². The van der Waals surface area contributed by atoms with Crippen LogP contribution in [0.4, 0.5) is 0 Å². The van der Waals surface area contributed by atoms with Crippen LogP contribution in [0.3, 0.4) is 0 Å². The number of hydrogen-bond donors (Lipinski definition) is 1. The van der Waals surface area contributed by atoms with Gasteiger partial charge in [-0.05, 0) is 19.4 Å². The average Bonchev–Trinajstić information content (AvgIpc) is 2.56. The molecule has 1 saturated carbocycles. The van der Waals surface area contributed by atoms with Crippen molar-refractivity contribution < 1.29 is 4.79 Å². The molecule has 0 bridgehead atoms. The maximum Gasteiger partial charge on any atom is 0.134 e. The molecule has 0 aromatic heterocycles. The van der Waals surface area contributed by atoms with Gasteiger partial charge in [0.2, 0.25) is 0 Å². The van der Waals surface area contributed by atoms with Crippen LogP contribution < -0.4 is 5.32 Å². The number of Topliss-reactive ketones (excluding diaryl/α,β-unsaturated/α-hetero) is 1. The standard InChI is InChI=1S/C12H23NO/c1-3-13-10(2)8-12(14)9-11-6-4-5-7-11/h10-11,13H,3-9H2,1-2H3. The molecule has 0 aromatic rings. The normalized spacial score (nSPS) is 19.9. The number of nitrogens with one attached hydrogen (secondary N) is 1. The van der Waals surface area contributed by atoms with Gasteiger partial charge >= 0.3 is 0 Å². The highest BCUT2D eigenvalue weighted by Gasteiger charge is 2.19. The van der Waals surface area contributed by atoms with Gasteiger partial charge in [0, 0.05) is 18.9 Å². The molecule has 0 aliphatic heterocycles. The molecule has 1 N–H and O–H groups in total. The summed E-state index contributed by atoms with van der Waals surface area (Å²) < 4.78 is 0. The van der Waals surface area contributed by atoms with E-state index in [1.165, 1.54) is 25.7 Å². The van der Waals surface area contributed by atoms with Gasteiger partial charge in [0.15, 0.2) is 0 Å². The highest BCUT2D eigenvalue weighted by molar-refractivity contribution is 5.79. The summed E-state index contributed by atoms with van der Waals surface area (Å²) in [5.41, 5.74) is 0. The minimum Gasteiger partial charge on any atom is -0.314 e. The van der Waals surface area contributed by atoms with E-state index in [0.29, 0.717) is 24.2 Å². The Kier molecular flexibility index (Phi) is 5.16. The molecule has 1 unspecified atom stereocenters. The van der Waals surface area contributed by atoms with Crippen molar-refractivity contribution in [2.24, 2.45) is 5.92 Å². The molecule has 2 nitrogen and oxygen atoms in total. The highest BCUT2D eigenvalue weighted by Crippen LogP contribution is 2.28. The lowest BCUT2D eigenvalue weighted by molar-refractivity contribution is -0.120. The Morgan fingerprint density at radius 1 is 1.43 bits per heavy atom. The van der Waals surface area contributed by atoms with Gasteiger partial charge in [0.25, 0.3) is 0 Å². The fourth-order valence-corrected chi connectivity index (χ4v) is 2.38. The van der Waals surface area contributed by atoms with Crippen molar-refractivity contribution >= 4 is 5.78 Å². The van der Waals surface area contributed by atoms with E-state index in [9.17, 15) is 4.79 Å². The monoisotopic (exact) mass is 197 g/mol. The SMILES string of the molecule is CCNC(C)CC(=O)CC1CCCC1. The molecule has 2 heteroatoms. The minimum atomic E-state index is 0.355. The van der Waals surface area contributed by atoms with Gasteiger partial charge in [-0.3, -0.25) is 4.79 Å². The molecule has 0 radical (unpaired) electrons. The van der Waals surface area contributed by atoms with Crippen LogP contribution in [0.1, 0.15) is 52.4 Å². The molecule has 0 amide bonds. The summed E-state index contributed by atoms with van der Waals surface area (Å²) in [7, 11) is 0. The van der Waals surface area contributed by atoms with Gasteiger partial charge in [-0.1, -0.05) is 32.6 Å². The van der Waals surface area contributed by atoms with E-state index in [0.717, 1.165) is 13.0 Å². The number of carbonyl (C=O) groups excluding carboxylic acids is 1. The highest BCUT2D eigenvalue weighted by atomic mass is 16.1. The van der Waals surface area contributed by atoms with Gasteiger partial charge in [-0.15, -0.1) is 0 Å². The summed E-state index contributed by atoms with van der Waals surface area (Å²) >= 11 is 0. The van der Waals surface area contributed by atoms with E-state index in [2.05, 4.69) is 19.2 Å². The predicted molar refractivity (Wildman–Crippen MR) is 59.3 cm³/mol. The van der Waals surface area contributed by atoms with Crippen LogP contribution in [-0.2, 0) is 4.79 Å². The third-order valence-corrected chi connectivity index (χ3v) is 3.08. The van der Waals surface area contributed by atoms with Gasteiger partial charge in [0.1, 0.15) is 5.78 Å². The van der Waals surface area contributed by atoms with Gasteiger partial charge in [-0.2, -0.15) is 0 Å². The Balaban J connectivity index is 2.14. The molecule has 0 aromatic carbocycles. The van der Waals surface area contributed by atoms with Crippen molar-refractivity contribution in [3.8, 4) is 0 Å². The molecule has 1 atom stereocenters. The van der Waals surface area contributed by atoms with E-state index in [1.807, 2.05) is 0 Å². The second kappa shape index (κ2) is 6.18. The van der Waals surface area contributed by atoms with E-state index in [4.69, 9.17) is 0 Å². The lowest BCUT2D eigenvalue weighted by Gasteiger charge is -2.13. The first-order valence-electron chi connectivity index (χ1n) is 5.97. The van der Waals surface area contributed by atoms with E-state index >= 15 is 0 Å². The van der Waals surface area contributed by atoms with Crippen molar-refractivity contribution in [1.82, 2.24) is 5.32 Å². The summed E-state index contributed by atoms with van der Waals surface area (Å²) in [6.45, 7) is 5.13. The van der Waals surface area contributed by atoms with Crippen molar-refractivity contribution in [3.63, 3.8) is 0 Å². The first kappa shape index (κ1) is 11.7. The van der Waals surface area contributed by atoms with Gasteiger partial charge in [0.05, 0.1) is 0 Å². The maximum absolute atomic E-state index is 11.6. The topological polar surface area (TPSA) is 29.1 Å². The molecule has 1 aliphatic rings. The first-order chi connectivity index (χ1) is 6.72. The Hall–Kier alpha value is -0.370. The van der Waals surface area contributed by atoms with E-state index in [-0.39, 0.29) is 0 Å². The molecule has 0 heterocycles. The second-order valence-electron chi connectivity index (χ2n) is 4.56. The zero-order valence-electron chi connectivity index (χ0n) is 9.51. The summed E-state index contributed by atoms with van der Waals surface area (Å²) in [6, 6.07) is 0.355. The molecule has 14 heavy (non-hydrogen) atoms. The Morgan fingerprint density at radius 3 is 2.64 bits per heavy atom. The maximum atomic E-state index is 11.6. The summed E-state index contributed by atoms with van der Waals surface area (Å²) in [4.78, 5) is 11.6. The van der Waals surface area contributed by atoms with Crippen molar-refractivity contribution in [2.75, 3.05) is 6.54 Å². The summed E-state index contributed by atoms with van der Waals surface area (Å²) in [5, 5.41) is 3.28. The zero-order valence-corrected chi connectivity index (χ0v) is 9.51. The zero-order chi connectivity index (χ0) is 10.4. The largest absolute Gasteiger partial charge is 0.314 e. The molecule has 1 rings (SSSR count). The van der Waals surface area contributed by atoms with Crippen molar-refractivity contribution in [3.05, 3.63) is 0 Å². The third-order valence-electron chi connectivity index (χ3n) is 3.08. The third kappa shape index (κ3) is 4.23. The fraction of sp³-hybridized carbons (Fsp3) is 0.917. The molecule has 1 fully saturated rings. The Labute approximate surface area is 87.5 Å². The molecule has 82 valence electrons. The smallest absolute Gasteiger partial charge is 0.134 e. The van der Waals surface area contributed by atoms with Crippen LogP contribution in [0.5, 0.6) is 0 Å². The fourth-order valence-electron chi connectivity index (χ4n) is 2.38. The van der Waals surface area contributed by atoms with Crippen LogP contribution in [0, 0.1) is 5.92 Å². The molecular weight excluding hydrogens is 174 g/mol. The van der Waals surface area contributed by atoms with Crippen LogP contribution in [0.15, 0.2) is 0 Å². The first-order valence-corrected chi connectivity index (χ1v) is 5.97. The Morgan fingerprint density at radius 2 is 2.07 bits per heavy atom. The lowest BCUT2D eigenvalue weighted by Crippen LogP contribution is -2.28. The number of hydrogen-bond acceptors (Lipinski definition) is 2. The molecule has 0 saturated heterocycles. The Bertz CT molecular complexity index is 173. The molecule has 0 spiro atoms. The number of carbonyl (C=O) groups is 1. The quantitative estimate of drug-likeness (QED) is 0.709. The lowest BCUT2D eigenvalue weighted by atomic mass is 9.98. The van der Waals surface area contributed by atoms with Crippen LogP contribution in [0.25, 0.3) is 0 Å².